The number of anilines is 1. The zero-order valence-electron chi connectivity index (χ0n) is 17.3. The monoisotopic (exact) mass is 481 g/mol. The molecule has 3 heterocycles. The number of amides is 2. The van der Waals surface area contributed by atoms with Gasteiger partial charge < -0.3 is 14.6 Å². The Kier molecular flexibility index (Phi) is 6.51. The van der Waals surface area contributed by atoms with Crippen LogP contribution in [0.4, 0.5) is 5.82 Å². The lowest BCUT2D eigenvalue weighted by atomic mass is 9.96. The van der Waals surface area contributed by atoms with Crippen molar-refractivity contribution in [3.8, 4) is 0 Å². The van der Waals surface area contributed by atoms with E-state index < -0.39 is 0 Å². The summed E-state index contributed by atoms with van der Waals surface area (Å²) in [7, 11) is 0. The van der Waals surface area contributed by atoms with Crippen LogP contribution in [0.1, 0.15) is 31.1 Å². The van der Waals surface area contributed by atoms with Gasteiger partial charge in [0.15, 0.2) is 0 Å². The van der Waals surface area contributed by atoms with E-state index in [0.717, 1.165) is 33.2 Å². The van der Waals surface area contributed by atoms with Crippen molar-refractivity contribution in [3.05, 3.63) is 64.5 Å². The summed E-state index contributed by atoms with van der Waals surface area (Å²) in [5.74, 6) is 1.20. The number of nitrogens with zero attached hydrogens (tertiary/aromatic N) is 2. The summed E-state index contributed by atoms with van der Waals surface area (Å²) in [6, 6.07) is 11.5. The van der Waals surface area contributed by atoms with Crippen LogP contribution in [0.25, 0.3) is 17.0 Å². The van der Waals surface area contributed by atoms with Crippen LogP contribution in [-0.4, -0.2) is 34.8 Å². The number of hydrogen-bond acceptors (Lipinski definition) is 4. The van der Waals surface area contributed by atoms with E-state index in [1.165, 1.54) is 0 Å². The van der Waals surface area contributed by atoms with Crippen molar-refractivity contribution in [1.82, 2.24) is 9.88 Å². The van der Waals surface area contributed by atoms with Gasteiger partial charge >= 0.3 is 0 Å². The van der Waals surface area contributed by atoms with Gasteiger partial charge in [-0.25, -0.2) is 4.98 Å². The maximum atomic E-state index is 12.7. The van der Waals surface area contributed by atoms with E-state index in [4.69, 9.17) is 4.42 Å². The number of carbonyl (C=O) groups excluding carboxylic acids is 2. The molecule has 160 valence electrons. The van der Waals surface area contributed by atoms with Crippen molar-refractivity contribution in [2.45, 2.75) is 26.2 Å². The van der Waals surface area contributed by atoms with Gasteiger partial charge in [0, 0.05) is 53.1 Å². The lowest BCUT2D eigenvalue weighted by Gasteiger charge is -2.30. The number of hydrogen-bond donors (Lipinski definition) is 1. The average molecular weight is 482 g/mol. The van der Waals surface area contributed by atoms with Gasteiger partial charge in [0.2, 0.25) is 11.8 Å². The van der Waals surface area contributed by atoms with Gasteiger partial charge in [0.05, 0.1) is 0 Å². The summed E-state index contributed by atoms with van der Waals surface area (Å²) in [5, 5.41) is 3.87. The Bertz CT molecular complexity index is 1110. The van der Waals surface area contributed by atoms with Crippen molar-refractivity contribution < 1.29 is 14.0 Å². The van der Waals surface area contributed by atoms with Crippen LogP contribution in [0.5, 0.6) is 0 Å². The largest absolute Gasteiger partial charge is 0.460 e. The maximum Gasteiger partial charge on any atom is 0.246 e. The molecule has 0 aliphatic carbocycles. The molecule has 1 saturated heterocycles. The Hall–Kier alpha value is -2.93. The summed E-state index contributed by atoms with van der Waals surface area (Å²) in [4.78, 5) is 31.2. The minimum Gasteiger partial charge on any atom is -0.460 e. The average Bonchev–Trinajstić information content (AvgIpc) is 3.16. The lowest BCUT2D eigenvalue weighted by molar-refractivity contribution is -0.130. The molecule has 1 aromatic carbocycles. The first-order valence-corrected chi connectivity index (χ1v) is 11.2. The highest BCUT2D eigenvalue weighted by molar-refractivity contribution is 9.10. The zero-order valence-corrected chi connectivity index (χ0v) is 18.9. The molecule has 1 aliphatic rings. The molecular formula is C24H24BrN3O3. The third kappa shape index (κ3) is 4.88. The maximum absolute atomic E-state index is 12.7. The van der Waals surface area contributed by atoms with Crippen molar-refractivity contribution in [2.24, 2.45) is 5.92 Å². The van der Waals surface area contributed by atoms with Crippen LogP contribution in [-0.2, 0) is 16.0 Å². The molecule has 31 heavy (non-hydrogen) atoms. The predicted molar refractivity (Wildman–Crippen MR) is 124 cm³/mol. The first kappa shape index (κ1) is 21.3. The van der Waals surface area contributed by atoms with E-state index in [1.54, 1.807) is 23.2 Å². The van der Waals surface area contributed by atoms with Crippen LogP contribution in [0, 0.1) is 5.92 Å². The minimum absolute atomic E-state index is 0.0410. The third-order valence-corrected chi connectivity index (χ3v) is 6.05. The highest BCUT2D eigenvalue weighted by Crippen LogP contribution is 2.28. The number of piperidine rings is 1. The Morgan fingerprint density at radius 3 is 2.71 bits per heavy atom. The van der Waals surface area contributed by atoms with E-state index in [0.29, 0.717) is 31.7 Å². The standard InChI is InChI=1S/C24H24BrN3O3/c1-2-20-19(18-5-3-4-6-21(18)31-20)8-10-23(29)28-13-11-16(12-14-28)24(30)27-22-9-7-17(25)15-26-22/h3-10,15-16H,2,11-14H2,1H3,(H,26,27,30)/b10-8+. The fourth-order valence-electron chi connectivity index (χ4n) is 3.86. The van der Waals surface area contributed by atoms with Gasteiger partial charge in [-0.15, -0.1) is 0 Å². The van der Waals surface area contributed by atoms with E-state index in [9.17, 15) is 9.59 Å². The first-order valence-electron chi connectivity index (χ1n) is 10.4. The van der Waals surface area contributed by atoms with Crippen LogP contribution in [0.15, 0.2) is 57.6 Å². The Morgan fingerprint density at radius 1 is 1.23 bits per heavy atom. The number of nitrogens with one attached hydrogen (secondary N) is 1. The fraction of sp³-hybridized carbons (Fsp3) is 0.292. The van der Waals surface area contributed by atoms with Gasteiger partial charge in [0.25, 0.3) is 0 Å². The zero-order chi connectivity index (χ0) is 21.8. The number of aromatic nitrogens is 1. The molecule has 1 aliphatic heterocycles. The Labute approximate surface area is 189 Å². The van der Waals surface area contributed by atoms with Crippen molar-refractivity contribution in [1.29, 1.82) is 0 Å². The SMILES string of the molecule is CCc1oc2ccccc2c1/C=C/C(=O)N1CCC(C(=O)Nc2ccc(Br)cn2)CC1. The molecule has 6 nitrogen and oxygen atoms in total. The normalized spacial score (nSPS) is 15.0. The predicted octanol–water partition coefficient (Wildman–Crippen LogP) is 5.04. The molecule has 3 aromatic rings. The number of pyridine rings is 1. The van der Waals surface area contributed by atoms with Crippen LogP contribution < -0.4 is 5.32 Å². The second-order valence-corrected chi connectivity index (χ2v) is 8.49. The fourth-order valence-corrected chi connectivity index (χ4v) is 4.10. The van der Waals surface area contributed by atoms with E-state index in [-0.39, 0.29) is 17.7 Å². The molecular weight excluding hydrogens is 458 g/mol. The summed E-state index contributed by atoms with van der Waals surface area (Å²) >= 11 is 3.33. The summed E-state index contributed by atoms with van der Waals surface area (Å²) < 4.78 is 6.75. The van der Waals surface area contributed by atoms with Crippen molar-refractivity contribution >= 4 is 50.6 Å². The van der Waals surface area contributed by atoms with Gasteiger partial charge in [-0.2, -0.15) is 0 Å². The molecule has 0 unspecified atom stereocenters. The van der Waals surface area contributed by atoms with Crippen LogP contribution >= 0.6 is 15.9 Å². The summed E-state index contributed by atoms with van der Waals surface area (Å²) in [6.45, 7) is 3.15. The summed E-state index contributed by atoms with van der Waals surface area (Å²) in [6.07, 6.45) is 7.15. The number of para-hydroxylation sites is 1. The number of aryl methyl sites for hydroxylation is 1. The number of carbonyl (C=O) groups is 2. The number of furan rings is 1. The Balaban J connectivity index is 1.35. The quantitative estimate of drug-likeness (QED) is 0.517. The highest BCUT2D eigenvalue weighted by Gasteiger charge is 2.27. The molecule has 0 spiro atoms. The van der Waals surface area contributed by atoms with E-state index >= 15 is 0 Å². The van der Waals surface area contributed by atoms with Gasteiger partial charge in [0.1, 0.15) is 17.2 Å². The molecule has 1 fully saturated rings. The third-order valence-electron chi connectivity index (χ3n) is 5.58. The molecule has 0 saturated carbocycles. The molecule has 4 rings (SSSR count). The molecule has 7 heteroatoms. The van der Waals surface area contributed by atoms with E-state index in [2.05, 4.69) is 26.2 Å². The molecule has 2 aromatic heterocycles. The number of halogens is 1. The van der Waals surface area contributed by atoms with Crippen LogP contribution in [0.3, 0.4) is 0 Å². The second-order valence-electron chi connectivity index (χ2n) is 7.57. The second kappa shape index (κ2) is 9.47. The lowest BCUT2D eigenvalue weighted by Crippen LogP contribution is -2.40. The number of fused-ring (bicyclic) bond motifs is 1. The van der Waals surface area contributed by atoms with Crippen molar-refractivity contribution in [2.75, 3.05) is 18.4 Å². The van der Waals surface area contributed by atoms with Gasteiger partial charge in [-0.05, 0) is 53.0 Å². The minimum atomic E-state index is -0.122. The summed E-state index contributed by atoms with van der Waals surface area (Å²) in [5.41, 5.74) is 1.79. The number of rotatable bonds is 5. The van der Waals surface area contributed by atoms with Crippen molar-refractivity contribution in [3.63, 3.8) is 0 Å². The smallest absolute Gasteiger partial charge is 0.246 e. The van der Waals surface area contributed by atoms with Gasteiger partial charge in [-0.1, -0.05) is 25.1 Å². The molecule has 0 bridgehead atoms. The molecule has 1 N–H and O–H groups in total. The molecule has 0 atom stereocenters. The number of benzene rings is 1. The Morgan fingerprint density at radius 2 is 2.00 bits per heavy atom. The van der Waals surface area contributed by atoms with Crippen LogP contribution in [0.2, 0.25) is 0 Å². The molecule has 0 radical (unpaired) electrons. The van der Waals surface area contributed by atoms with E-state index in [1.807, 2.05) is 43.3 Å². The highest BCUT2D eigenvalue weighted by atomic mass is 79.9. The first-order chi connectivity index (χ1) is 15.0. The van der Waals surface area contributed by atoms with Gasteiger partial charge in [-0.3, -0.25) is 9.59 Å². The molecule has 2 amide bonds. The number of likely N-dealkylation sites (tertiary alicyclic amines) is 1. The topological polar surface area (TPSA) is 75.4 Å².